The molecule has 1 fully saturated rings. The van der Waals surface area contributed by atoms with Crippen LogP contribution >= 0.6 is 11.3 Å². The van der Waals surface area contributed by atoms with E-state index < -0.39 is 0 Å². The van der Waals surface area contributed by atoms with Crippen LogP contribution in [0.15, 0.2) is 42.5 Å². The third-order valence-corrected chi connectivity index (χ3v) is 7.89. The smallest absolute Gasteiger partial charge is 0.244 e. The first-order valence-electron chi connectivity index (χ1n) is 14.0. The van der Waals surface area contributed by atoms with E-state index in [1.807, 2.05) is 42.5 Å². The number of rotatable bonds is 9. The summed E-state index contributed by atoms with van der Waals surface area (Å²) in [7, 11) is 6.41. The number of benzene rings is 2. The zero-order valence-corrected chi connectivity index (χ0v) is 25.7. The number of hydrogen-bond acceptors (Lipinski definition) is 9. The Bertz CT molecular complexity index is 1440. The molecule has 3 heterocycles. The van der Waals surface area contributed by atoms with Crippen molar-refractivity contribution in [1.82, 2.24) is 15.6 Å². The first-order valence-corrected chi connectivity index (χ1v) is 14.9. The van der Waals surface area contributed by atoms with Gasteiger partial charge in [0.05, 0.1) is 34.1 Å². The SMILES string of the molecule is COc1cccc(C=CC(=O)NC2CCNC(=O)C2)c1OC.COc1cccc(C=Cc2nc3c(s2)NCCC3)c1OC. The average Bonchev–Trinajstić information content (AvgIpc) is 3.45. The summed E-state index contributed by atoms with van der Waals surface area (Å²) in [6.07, 6.45) is 10.4. The Labute approximate surface area is 256 Å². The van der Waals surface area contributed by atoms with Crippen molar-refractivity contribution in [2.45, 2.75) is 31.7 Å². The molecule has 1 saturated heterocycles. The maximum absolute atomic E-state index is 11.9. The van der Waals surface area contributed by atoms with Crippen LogP contribution in [0.5, 0.6) is 23.0 Å². The summed E-state index contributed by atoms with van der Waals surface area (Å²) < 4.78 is 21.3. The number of ether oxygens (including phenoxy) is 4. The third kappa shape index (κ3) is 8.51. The summed E-state index contributed by atoms with van der Waals surface area (Å²) in [5, 5.41) is 11.2. The number of amides is 2. The van der Waals surface area contributed by atoms with E-state index in [1.54, 1.807) is 51.9 Å². The molecular formula is C32H38N4O6S. The van der Waals surface area contributed by atoms with Gasteiger partial charge < -0.3 is 34.9 Å². The second kappa shape index (κ2) is 15.6. The lowest BCUT2D eigenvalue weighted by Gasteiger charge is -2.22. The van der Waals surface area contributed by atoms with Gasteiger partial charge in [-0.1, -0.05) is 35.6 Å². The molecule has 0 aliphatic carbocycles. The lowest BCUT2D eigenvalue weighted by atomic mass is 10.1. The number of nitrogens with zero attached hydrogens (tertiary/aromatic N) is 1. The maximum atomic E-state index is 11.9. The number of aromatic nitrogens is 1. The molecule has 0 bridgehead atoms. The highest BCUT2D eigenvalue weighted by Crippen LogP contribution is 2.34. The second-order valence-electron chi connectivity index (χ2n) is 9.74. The molecule has 10 nitrogen and oxygen atoms in total. The summed E-state index contributed by atoms with van der Waals surface area (Å²) in [5.74, 6) is 2.40. The quantitative estimate of drug-likeness (QED) is 0.297. The number of carbonyl (C=O) groups excluding carboxylic acids is 2. The van der Waals surface area contributed by atoms with E-state index >= 15 is 0 Å². The van der Waals surface area contributed by atoms with Crippen molar-refractivity contribution in [2.24, 2.45) is 0 Å². The number of anilines is 1. The lowest BCUT2D eigenvalue weighted by molar-refractivity contribution is -0.123. The van der Waals surface area contributed by atoms with Gasteiger partial charge >= 0.3 is 0 Å². The van der Waals surface area contributed by atoms with E-state index in [1.165, 1.54) is 16.8 Å². The Morgan fingerprint density at radius 2 is 1.58 bits per heavy atom. The van der Waals surface area contributed by atoms with Gasteiger partial charge in [-0.2, -0.15) is 0 Å². The van der Waals surface area contributed by atoms with Crippen LogP contribution in [0.4, 0.5) is 5.00 Å². The molecular weight excluding hydrogens is 568 g/mol. The van der Waals surface area contributed by atoms with Crippen LogP contribution in [0.25, 0.3) is 18.2 Å². The first kappa shape index (κ1) is 31.4. The fourth-order valence-corrected chi connectivity index (χ4v) is 5.72. The number of carbonyl (C=O) groups is 2. The van der Waals surface area contributed by atoms with Crippen LogP contribution in [0, 0.1) is 0 Å². The van der Waals surface area contributed by atoms with E-state index in [-0.39, 0.29) is 17.9 Å². The Morgan fingerprint density at radius 1 is 0.907 bits per heavy atom. The Balaban J connectivity index is 0.000000197. The molecule has 228 valence electrons. The van der Waals surface area contributed by atoms with Crippen LogP contribution in [0.1, 0.15) is 41.1 Å². The molecule has 11 heteroatoms. The van der Waals surface area contributed by atoms with Crippen molar-refractivity contribution in [1.29, 1.82) is 0 Å². The van der Waals surface area contributed by atoms with Gasteiger partial charge in [0.25, 0.3) is 0 Å². The molecule has 43 heavy (non-hydrogen) atoms. The topological polar surface area (TPSA) is 120 Å². The molecule has 2 aliphatic rings. The molecule has 0 spiro atoms. The van der Waals surface area contributed by atoms with E-state index in [0.717, 1.165) is 53.4 Å². The zero-order chi connectivity index (χ0) is 30.6. The molecule has 1 atom stereocenters. The summed E-state index contributed by atoms with van der Waals surface area (Å²) in [6.45, 7) is 1.64. The van der Waals surface area contributed by atoms with Crippen molar-refractivity contribution < 1.29 is 28.5 Å². The molecule has 1 aromatic heterocycles. The van der Waals surface area contributed by atoms with Gasteiger partial charge in [0.2, 0.25) is 11.8 Å². The average molecular weight is 607 g/mol. The minimum absolute atomic E-state index is 0.0324. The van der Waals surface area contributed by atoms with Gasteiger partial charge in [-0.3, -0.25) is 9.59 Å². The standard InChI is InChI=1S/C16H20N2O4.C16H18N2O2S/c1-21-13-5-3-4-11(16(13)22-2)6-7-14(19)18-12-8-9-17-15(20)10-12;1-19-13-7-3-5-11(15(13)20-2)8-9-14-18-12-6-4-10-17-16(12)21-14/h3-7,12H,8-10H2,1-2H3,(H,17,20)(H,18,19);3,5,7-9,17H,4,6,10H2,1-2H3. The second-order valence-corrected chi connectivity index (χ2v) is 10.8. The summed E-state index contributed by atoms with van der Waals surface area (Å²) in [6, 6.07) is 11.2. The monoisotopic (exact) mass is 606 g/mol. The highest BCUT2D eigenvalue weighted by molar-refractivity contribution is 7.16. The van der Waals surface area contributed by atoms with Gasteiger partial charge in [-0.25, -0.2) is 4.98 Å². The molecule has 0 saturated carbocycles. The van der Waals surface area contributed by atoms with Crippen LogP contribution in [0.2, 0.25) is 0 Å². The molecule has 2 aliphatic heterocycles. The predicted octanol–water partition coefficient (Wildman–Crippen LogP) is 4.80. The number of methoxy groups -OCH3 is 4. The minimum Gasteiger partial charge on any atom is -0.493 e. The van der Waals surface area contributed by atoms with Crippen molar-refractivity contribution in [3.63, 3.8) is 0 Å². The lowest BCUT2D eigenvalue weighted by Crippen LogP contribution is -2.45. The Morgan fingerprint density at radius 3 is 2.19 bits per heavy atom. The number of nitrogens with one attached hydrogen (secondary N) is 3. The van der Waals surface area contributed by atoms with Crippen LogP contribution in [-0.2, 0) is 16.0 Å². The number of piperidine rings is 1. The van der Waals surface area contributed by atoms with Gasteiger partial charge in [0, 0.05) is 42.8 Å². The molecule has 3 N–H and O–H groups in total. The van der Waals surface area contributed by atoms with E-state index in [0.29, 0.717) is 24.5 Å². The summed E-state index contributed by atoms with van der Waals surface area (Å²) in [4.78, 5) is 27.9. The largest absolute Gasteiger partial charge is 0.493 e. The fraction of sp³-hybridized carbons (Fsp3) is 0.344. The number of aryl methyl sites for hydroxylation is 1. The highest BCUT2D eigenvalue weighted by Gasteiger charge is 2.20. The molecule has 1 unspecified atom stereocenters. The van der Waals surface area contributed by atoms with E-state index in [9.17, 15) is 9.59 Å². The molecule has 2 amide bonds. The Hall–Kier alpha value is -4.51. The fourth-order valence-electron chi connectivity index (χ4n) is 4.78. The van der Waals surface area contributed by atoms with Gasteiger partial charge in [0.15, 0.2) is 23.0 Å². The number of thiazole rings is 1. The first-order chi connectivity index (χ1) is 20.9. The molecule has 0 radical (unpaired) electrons. The normalized spacial score (nSPS) is 15.9. The maximum Gasteiger partial charge on any atom is 0.244 e. The van der Waals surface area contributed by atoms with Crippen LogP contribution in [0.3, 0.4) is 0 Å². The van der Waals surface area contributed by atoms with Crippen LogP contribution < -0.4 is 34.9 Å². The molecule has 3 aromatic rings. The molecule has 5 rings (SSSR count). The minimum atomic E-state index is -0.232. The Kier molecular flexibility index (Phi) is 11.4. The van der Waals surface area contributed by atoms with E-state index in [4.69, 9.17) is 18.9 Å². The third-order valence-electron chi connectivity index (χ3n) is 6.87. The van der Waals surface area contributed by atoms with E-state index in [2.05, 4.69) is 20.9 Å². The van der Waals surface area contributed by atoms with Crippen molar-refractivity contribution in [3.8, 4) is 23.0 Å². The van der Waals surface area contributed by atoms with Gasteiger partial charge in [-0.05, 0) is 49.6 Å². The van der Waals surface area contributed by atoms with Gasteiger partial charge in [0.1, 0.15) is 10.0 Å². The van der Waals surface area contributed by atoms with Gasteiger partial charge in [-0.15, -0.1) is 0 Å². The van der Waals surface area contributed by atoms with Crippen molar-refractivity contribution in [3.05, 3.63) is 64.3 Å². The summed E-state index contributed by atoms with van der Waals surface area (Å²) in [5.41, 5.74) is 2.92. The highest BCUT2D eigenvalue weighted by atomic mass is 32.1. The van der Waals surface area contributed by atoms with Crippen molar-refractivity contribution in [2.75, 3.05) is 46.8 Å². The van der Waals surface area contributed by atoms with Crippen LogP contribution in [-0.4, -0.2) is 64.4 Å². The predicted molar refractivity (Wildman–Crippen MR) is 170 cm³/mol. The number of fused-ring (bicyclic) bond motifs is 1. The number of hydrogen-bond donors (Lipinski definition) is 3. The summed E-state index contributed by atoms with van der Waals surface area (Å²) >= 11 is 1.70. The molecule has 2 aromatic carbocycles. The van der Waals surface area contributed by atoms with Crippen molar-refractivity contribution >= 4 is 46.4 Å². The zero-order valence-electron chi connectivity index (χ0n) is 24.9. The number of para-hydroxylation sites is 2.